The van der Waals surface area contributed by atoms with Crippen LogP contribution in [-0.2, 0) is 17.8 Å². The Bertz CT molecular complexity index is 1620. The zero-order chi connectivity index (χ0) is 30.5. The number of rotatable bonds is 12. The first-order valence-corrected chi connectivity index (χ1v) is 14.7. The molecule has 0 radical (unpaired) electrons. The molecular weight excluding hydrogens is 613 g/mol. The Kier molecular flexibility index (Phi) is 9.51. The SMILES string of the molecule is C=CCOCNc1ccccc1Nc1ncc2c(n1)N(Cc1csc(C)n1)C(=O)N(c1c(Cl)c(OC)cc(OC)c1Cl)C2. The molecule has 0 saturated carbocycles. The van der Waals surface area contributed by atoms with Crippen molar-refractivity contribution in [2.45, 2.75) is 20.0 Å². The second kappa shape index (κ2) is 13.5. The number of halogens is 2. The van der Waals surface area contributed by atoms with Gasteiger partial charge in [-0.3, -0.25) is 9.80 Å². The summed E-state index contributed by atoms with van der Waals surface area (Å²) in [6.07, 6.45) is 3.35. The molecule has 43 heavy (non-hydrogen) atoms. The number of para-hydroxylation sites is 2. The van der Waals surface area contributed by atoms with E-state index in [1.54, 1.807) is 18.3 Å². The number of aromatic nitrogens is 3. The molecule has 0 spiro atoms. The van der Waals surface area contributed by atoms with Crippen molar-refractivity contribution in [1.82, 2.24) is 15.0 Å². The van der Waals surface area contributed by atoms with Crippen molar-refractivity contribution >= 4 is 69.4 Å². The predicted molar refractivity (Wildman–Crippen MR) is 171 cm³/mol. The van der Waals surface area contributed by atoms with Crippen molar-refractivity contribution in [1.29, 1.82) is 0 Å². The van der Waals surface area contributed by atoms with Gasteiger partial charge >= 0.3 is 6.03 Å². The van der Waals surface area contributed by atoms with Crippen LogP contribution in [0.25, 0.3) is 0 Å². The van der Waals surface area contributed by atoms with Crippen LogP contribution in [0.5, 0.6) is 11.5 Å². The summed E-state index contributed by atoms with van der Waals surface area (Å²) in [6, 6.07) is 8.77. The van der Waals surface area contributed by atoms with Gasteiger partial charge in [0.05, 0.1) is 61.7 Å². The summed E-state index contributed by atoms with van der Waals surface area (Å²) < 4.78 is 16.3. The molecule has 2 N–H and O–H groups in total. The van der Waals surface area contributed by atoms with Gasteiger partial charge < -0.3 is 24.8 Å². The van der Waals surface area contributed by atoms with Gasteiger partial charge in [0, 0.05) is 23.2 Å². The molecule has 0 saturated heterocycles. The van der Waals surface area contributed by atoms with E-state index in [-0.39, 0.29) is 28.8 Å². The van der Waals surface area contributed by atoms with E-state index in [9.17, 15) is 4.79 Å². The highest BCUT2D eigenvalue weighted by molar-refractivity contribution is 7.09. The number of anilines is 5. The zero-order valence-corrected chi connectivity index (χ0v) is 26.0. The molecule has 0 unspecified atom stereocenters. The number of nitrogens with zero attached hydrogens (tertiary/aromatic N) is 5. The fraction of sp³-hybridized carbons (Fsp3) is 0.241. The minimum Gasteiger partial charge on any atom is -0.495 e. The third kappa shape index (κ3) is 6.47. The van der Waals surface area contributed by atoms with Crippen LogP contribution >= 0.6 is 34.5 Å². The maximum atomic E-state index is 14.2. The lowest BCUT2D eigenvalue weighted by Gasteiger charge is -2.36. The van der Waals surface area contributed by atoms with Gasteiger partial charge in [0.1, 0.15) is 34.1 Å². The van der Waals surface area contributed by atoms with Crippen LogP contribution in [0, 0.1) is 6.92 Å². The monoisotopic (exact) mass is 641 g/mol. The summed E-state index contributed by atoms with van der Waals surface area (Å²) >= 11 is 14.9. The summed E-state index contributed by atoms with van der Waals surface area (Å²) in [6.45, 7) is 6.56. The number of thiazole rings is 1. The maximum absolute atomic E-state index is 14.2. The van der Waals surface area contributed by atoms with E-state index in [0.717, 1.165) is 16.4 Å². The Hall–Kier alpha value is -4.10. The van der Waals surface area contributed by atoms with Crippen molar-refractivity contribution in [3.63, 3.8) is 0 Å². The Morgan fingerprint density at radius 1 is 1.12 bits per heavy atom. The first-order valence-electron chi connectivity index (χ1n) is 13.1. The van der Waals surface area contributed by atoms with Crippen LogP contribution in [0.1, 0.15) is 16.3 Å². The minimum atomic E-state index is -0.400. The number of fused-ring (bicyclic) bond motifs is 1. The van der Waals surface area contributed by atoms with Gasteiger partial charge in [-0.15, -0.1) is 17.9 Å². The Morgan fingerprint density at radius 2 is 1.84 bits per heavy atom. The summed E-state index contributed by atoms with van der Waals surface area (Å²) in [4.78, 5) is 31.1. The Balaban J connectivity index is 1.53. The molecule has 1 aliphatic rings. The third-order valence-electron chi connectivity index (χ3n) is 6.47. The average molecular weight is 643 g/mol. The fourth-order valence-electron chi connectivity index (χ4n) is 4.48. The number of ether oxygens (including phenoxy) is 3. The Morgan fingerprint density at radius 3 is 2.49 bits per heavy atom. The van der Waals surface area contributed by atoms with Crippen molar-refractivity contribution in [3.8, 4) is 11.5 Å². The van der Waals surface area contributed by atoms with E-state index in [0.29, 0.717) is 47.9 Å². The highest BCUT2D eigenvalue weighted by Gasteiger charge is 2.37. The zero-order valence-electron chi connectivity index (χ0n) is 23.7. The van der Waals surface area contributed by atoms with Crippen LogP contribution < -0.4 is 29.9 Å². The standard InChI is InChI=1S/C29H29Cl2N7O4S/c1-5-10-42-16-33-20-8-6-7-9-21(20)35-28-32-12-18-13-37(26-24(30)22(40-3)11-23(41-4)25(26)31)29(39)38(27(18)36-28)14-19-15-43-17(2)34-19/h5-9,11-12,15,33H,1,10,13-14,16H2,2-4H3,(H,32,35,36). The summed E-state index contributed by atoms with van der Waals surface area (Å²) in [5.74, 6) is 1.37. The van der Waals surface area contributed by atoms with E-state index in [2.05, 4.69) is 27.2 Å². The number of carbonyl (C=O) groups is 1. The molecule has 0 atom stereocenters. The number of aryl methyl sites for hydroxylation is 1. The number of methoxy groups -OCH3 is 2. The van der Waals surface area contributed by atoms with Gasteiger partial charge in [-0.1, -0.05) is 41.4 Å². The molecular formula is C29H29Cl2N7O4S. The number of hydrogen-bond donors (Lipinski definition) is 2. The molecule has 224 valence electrons. The van der Waals surface area contributed by atoms with Gasteiger partial charge in [-0.2, -0.15) is 4.98 Å². The largest absolute Gasteiger partial charge is 0.495 e. The normalized spacial score (nSPS) is 12.6. The molecule has 1 aliphatic heterocycles. The molecule has 5 rings (SSSR count). The van der Waals surface area contributed by atoms with Crippen LogP contribution in [-0.4, -0.2) is 48.5 Å². The van der Waals surface area contributed by atoms with Gasteiger partial charge in [-0.25, -0.2) is 14.8 Å². The molecule has 0 fully saturated rings. The summed E-state index contributed by atoms with van der Waals surface area (Å²) in [5.41, 5.74) is 3.18. The number of urea groups is 1. The molecule has 14 heteroatoms. The fourth-order valence-corrected chi connectivity index (χ4v) is 5.79. The van der Waals surface area contributed by atoms with Crippen LogP contribution in [0.2, 0.25) is 10.0 Å². The number of amides is 2. The van der Waals surface area contributed by atoms with E-state index >= 15 is 0 Å². The van der Waals surface area contributed by atoms with Gasteiger partial charge in [0.2, 0.25) is 5.95 Å². The van der Waals surface area contributed by atoms with Gasteiger partial charge in [0.25, 0.3) is 0 Å². The molecule has 4 aromatic rings. The number of carbonyl (C=O) groups excluding carboxylic acids is 1. The molecule has 11 nitrogen and oxygen atoms in total. The predicted octanol–water partition coefficient (Wildman–Crippen LogP) is 7.03. The second-order valence-electron chi connectivity index (χ2n) is 9.26. The maximum Gasteiger partial charge on any atom is 0.330 e. The Labute approximate surface area is 263 Å². The average Bonchev–Trinajstić information content (AvgIpc) is 3.42. The highest BCUT2D eigenvalue weighted by atomic mass is 35.5. The summed E-state index contributed by atoms with van der Waals surface area (Å²) in [7, 11) is 2.96. The molecule has 3 heterocycles. The first-order chi connectivity index (χ1) is 20.8. The highest BCUT2D eigenvalue weighted by Crippen LogP contribution is 2.48. The molecule has 2 amide bonds. The topological polar surface area (TPSA) is 114 Å². The summed E-state index contributed by atoms with van der Waals surface area (Å²) in [5, 5.41) is 9.62. The van der Waals surface area contributed by atoms with Crippen LogP contribution in [0.4, 0.5) is 33.6 Å². The lowest BCUT2D eigenvalue weighted by molar-refractivity contribution is 0.183. The van der Waals surface area contributed by atoms with E-state index in [1.165, 1.54) is 35.4 Å². The molecule has 0 bridgehead atoms. The molecule has 2 aromatic carbocycles. The molecule has 0 aliphatic carbocycles. The van der Waals surface area contributed by atoms with Gasteiger partial charge in [0.15, 0.2) is 0 Å². The second-order valence-corrected chi connectivity index (χ2v) is 11.1. The lowest BCUT2D eigenvalue weighted by Crippen LogP contribution is -2.48. The number of hydrogen-bond acceptors (Lipinski definition) is 10. The number of benzene rings is 2. The van der Waals surface area contributed by atoms with Crippen molar-refractivity contribution < 1.29 is 19.0 Å². The van der Waals surface area contributed by atoms with Gasteiger partial charge in [-0.05, 0) is 19.1 Å². The van der Waals surface area contributed by atoms with E-state index in [4.69, 9.17) is 42.4 Å². The smallest absolute Gasteiger partial charge is 0.330 e. The van der Waals surface area contributed by atoms with Crippen molar-refractivity contribution in [2.24, 2.45) is 0 Å². The first kappa shape index (κ1) is 30.4. The van der Waals surface area contributed by atoms with Crippen molar-refractivity contribution in [3.05, 3.63) is 80.9 Å². The van der Waals surface area contributed by atoms with Crippen LogP contribution in [0.3, 0.4) is 0 Å². The van der Waals surface area contributed by atoms with E-state index in [1.807, 2.05) is 36.6 Å². The lowest BCUT2D eigenvalue weighted by atomic mass is 10.1. The quantitative estimate of drug-likeness (QED) is 0.0956. The minimum absolute atomic E-state index is 0.107. The molecule has 2 aromatic heterocycles. The van der Waals surface area contributed by atoms with E-state index < -0.39 is 6.03 Å². The third-order valence-corrected chi connectivity index (χ3v) is 8.02. The number of nitrogens with one attached hydrogen (secondary N) is 2. The van der Waals surface area contributed by atoms with Crippen molar-refractivity contribution in [2.75, 3.05) is 48.0 Å². The van der Waals surface area contributed by atoms with Crippen LogP contribution in [0.15, 0.2) is 54.6 Å².